The van der Waals surface area contributed by atoms with Gasteiger partial charge in [0.1, 0.15) is 18.2 Å². The molecule has 1 N–H and O–H groups in total. The average molecular weight is 482 g/mol. The van der Waals surface area contributed by atoms with Crippen molar-refractivity contribution in [3.63, 3.8) is 0 Å². The number of rotatable bonds is 2. The second kappa shape index (κ2) is 10.9. The van der Waals surface area contributed by atoms with E-state index in [9.17, 15) is 18.8 Å². The van der Waals surface area contributed by atoms with Crippen LogP contribution in [0.4, 0.5) is 4.39 Å². The Bertz CT molecular complexity index is 1080. The lowest BCUT2D eigenvalue weighted by Gasteiger charge is -2.40. The average Bonchev–Trinajstić information content (AvgIpc) is 2.90. The molecule has 0 aromatic heterocycles. The molecule has 3 aliphatic rings. The Kier molecular flexibility index (Phi) is 7.68. The maximum atomic E-state index is 14.3. The van der Waals surface area contributed by atoms with Crippen molar-refractivity contribution in [1.29, 1.82) is 0 Å². The van der Waals surface area contributed by atoms with Crippen LogP contribution in [-0.2, 0) is 4.79 Å². The third kappa shape index (κ3) is 5.31. The van der Waals surface area contributed by atoms with Gasteiger partial charge in [0.15, 0.2) is 0 Å². The minimum Gasteiger partial charge on any atom is -0.491 e. The topological polar surface area (TPSA) is 79.0 Å². The van der Waals surface area contributed by atoms with Gasteiger partial charge in [0.25, 0.3) is 11.8 Å². The molecular formula is C27H32FN3O4. The van der Waals surface area contributed by atoms with E-state index in [0.29, 0.717) is 56.6 Å². The van der Waals surface area contributed by atoms with Crippen LogP contribution in [0.5, 0.6) is 5.75 Å². The van der Waals surface area contributed by atoms with Crippen LogP contribution in [0.25, 0.3) is 0 Å². The molecule has 2 aromatic rings. The number of fused-ring (bicyclic) bond motifs is 9. The molecule has 5 rings (SSSR count). The van der Waals surface area contributed by atoms with E-state index in [1.54, 1.807) is 53.2 Å². The molecule has 2 aromatic carbocycles. The van der Waals surface area contributed by atoms with Crippen LogP contribution in [0.2, 0.25) is 0 Å². The lowest BCUT2D eigenvalue weighted by atomic mass is 9.73. The summed E-state index contributed by atoms with van der Waals surface area (Å²) < 4.78 is 20.3. The van der Waals surface area contributed by atoms with E-state index >= 15 is 0 Å². The van der Waals surface area contributed by atoms with Crippen molar-refractivity contribution in [2.75, 3.05) is 39.8 Å². The van der Waals surface area contributed by atoms with E-state index in [1.807, 2.05) is 0 Å². The van der Waals surface area contributed by atoms with Gasteiger partial charge in [0, 0.05) is 26.7 Å². The highest BCUT2D eigenvalue weighted by atomic mass is 19.1. The van der Waals surface area contributed by atoms with Gasteiger partial charge < -0.3 is 19.9 Å². The van der Waals surface area contributed by atoms with Crippen LogP contribution >= 0.6 is 0 Å². The summed E-state index contributed by atoms with van der Waals surface area (Å²) in [7, 11) is 1.65. The summed E-state index contributed by atoms with van der Waals surface area (Å²) in [6.07, 6.45) is 3.25. The van der Waals surface area contributed by atoms with Gasteiger partial charge >= 0.3 is 0 Å². The Morgan fingerprint density at radius 2 is 1.66 bits per heavy atom. The van der Waals surface area contributed by atoms with Gasteiger partial charge in [-0.25, -0.2) is 4.39 Å². The Hall–Kier alpha value is -3.42. The highest BCUT2D eigenvalue weighted by molar-refractivity contribution is 5.97. The zero-order chi connectivity index (χ0) is 24.8. The van der Waals surface area contributed by atoms with E-state index in [2.05, 4.69) is 5.32 Å². The number of piperidine rings is 1. The summed E-state index contributed by atoms with van der Waals surface area (Å²) in [4.78, 5) is 42.7. The summed E-state index contributed by atoms with van der Waals surface area (Å²) >= 11 is 0. The molecule has 35 heavy (non-hydrogen) atoms. The first-order chi connectivity index (χ1) is 16.9. The molecule has 0 unspecified atom stereocenters. The molecule has 1 saturated heterocycles. The Balaban J connectivity index is 1.61. The molecule has 0 saturated carbocycles. The number of para-hydroxylation sites is 1. The zero-order valence-electron chi connectivity index (χ0n) is 20.1. The zero-order valence-corrected chi connectivity index (χ0v) is 20.1. The predicted octanol–water partition coefficient (Wildman–Crippen LogP) is 3.50. The Labute approximate surface area is 205 Å². The Morgan fingerprint density at radius 3 is 2.40 bits per heavy atom. The lowest BCUT2D eigenvalue weighted by Crippen LogP contribution is -2.49. The van der Waals surface area contributed by atoms with Crippen molar-refractivity contribution in [2.45, 2.75) is 32.1 Å². The van der Waals surface area contributed by atoms with Crippen LogP contribution in [0.3, 0.4) is 0 Å². The molecule has 2 bridgehead atoms. The molecular weight excluding hydrogens is 449 g/mol. The van der Waals surface area contributed by atoms with Crippen molar-refractivity contribution in [3.05, 3.63) is 65.5 Å². The number of amides is 3. The molecule has 0 atom stereocenters. The molecule has 3 aliphatic heterocycles. The highest BCUT2D eigenvalue weighted by Gasteiger charge is 2.41. The number of hydrogen-bond donors (Lipinski definition) is 1. The number of carbonyl (C=O) groups excluding carboxylic acids is 3. The number of ether oxygens (including phenoxy) is 1. The summed E-state index contributed by atoms with van der Waals surface area (Å²) in [5, 5.41) is 2.81. The third-order valence-electron chi connectivity index (χ3n) is 7.18. The van der Waals surface area contributed by atoms with Gasteiger partial charge in [-0.05, 0) is 49.9 Å². The standard InChI is InChI=1S/C27H32FN3O4/c1-29-26(34)27-12-6-7-15-30(24(32)20-8-2-4-10-22(20)28)18-19-35-23-11-5-3-9-21(23)25(33)31(16-13-27)17-14-27/h2-5,8-11H,6-7,12-19H2,1H3,(H,29,34). The summed E-state index contributed by atoms with van der Waals surface area (Å²) in [6.45, 7) is 1.84. The fourth-order valence-corrected chi connectivity index (χ4v) is 5.08. The van der Waals surface area contributed by atoms with Crippen molar-refractivity contribution in [1.82, 2.24) is 15.1 Å². The van der Waals surface area contributed by atoms with Gasteiger partial charge in [-0.3, -0.25) is 14.4 Å². The molecule has 0 aliphatic carbocycles. The molecule has 3 amide bonds. The quantitative estimate of drug-likeness (QED) is 0.712. The number of hydrogen-bond acceptors (Lipinski definition) is 4. The highest BCUT2D eigenvalue weighted by Crippen LogP contribution is 2.38. The maximum Gasteiger partial charge on any atom is 0.257 e. The van der Waals surface area contributed by atoms with Gasteiger partial charge in [-0.15, -0.1) is 0 Å². The van der Waals surface area contributed by atoms with E-state index < -0.39 is 17.1 Å². The third-order valence-corrected chi connectivity index (χ3v) is 7.18. The molecule has 1 fully saturated rings. The van der Waals surface area contributed by atoms with Gasteiger partial charge in [0.2, 0.25) is 5.91 Å². The number of halogens is 1. The van der Waals surface area contributed by atoms with Gasteiger partial charge in [-0.2, -0.15) is 0 Å². The Morgan fingerprint density at radius 1 is 0.943 bits per heavy atom. The van der Waals surface area contributed by atoms with Crippen LogP contribution in [0.15, 0.2) is 48.5 Å². The summed E-state index contributed by atoms with van der Waals surface area (Å²) in [5.41, 5.74) is -0.0571. The molecule has 0 spiro atoms. The van der Waals surface area contributed by atoms with Crippen molar-refractivity contribution >= 4 is 17.7 Å². The first kappa shape index (κ1) is 24.7. The summed E-state index contributed by atoms with van der Waals surface area (Å²) in [5.74, 6) is -0.630. The molecule has 0 radical (unpaired) electrons. The summed E-state index contributed by atoms with van der Waals surface area (Å²) in [6, 6.07) is 13.0. The van der Waals surface area contributed by atoms with Crippen LogP contribution in [0.1, 0.15) is 52.8 Å². The fourth-order valence-electron chi connectivity index (χ4n) is 5.08. The molecule has 8 heteroatoms. The largest absolute Gasteiger partial charge is 0.491 e. The predicted molar refractivity (Wildman–Crippen MR) is 130 cm³/mol. The monoisotopic (exact) mass is 481 g/mol. The second-order valence-corrected chi connectivity index (χ2v) is 9.23. The number of nitrogens with zero attached hydrogens (tertiary/aromatic N) is 2. The normalized spacial score (nSPS) is 18.6. The van der Waals surface area contributed by atoms with E-state index in [-0.39, 0.29) is 30.5 Å². The van der Waals surface area contributed by atoms with Gasteiger partial charge in [-0.1, -0.05) is 30.7 Å². The van der Waals surface area contributed by atoms with Crippen LogP contribution < -0.4 is 10.1 Å². The van der Waals surface area contributed by atoms with Crippen LogP contribution in [0, 0.1) is 11.2 Å². The molecule has 186 valence electrons. The second-order valence-electron chi connectivity index (χ2n) is 9.23. The van der Waals surface area contributed by atoms with E-state index in [1.165, 1.54) is 12.1 Å². The van der Waals surface area contributed by atoms with Gasteiger partial charge in [0.05, 0.1) is 23.1 Å². The first-order valence-electron chi connectivity index (χ1n) is 12.2. The first-order valence-corrected chi connectivity index (χ1v) is 12.2. The minimum atomic E-state index is -0.560. The maximum absolute atomic E-state index is 14.3. The smallest absolute Gasteiger partial charge is 0.257 e. The number of benzene rings is 2. The van der Waals surface area contributed by atoms with E-state index in [0.717, 1.165) is 6.42 Å². The minimum absolute atomic E-state index is 0.00284. The lowest BCUT2D eigenvalue weighted by molar-refractivity contribution is -0.133. The van der Waals surface area contributed by atoms with Crippen LogP contribution in [-0.4, -0.2) is 67.4 Å². The number of nitrogens with one attached hydrogen (secondary N) is 1. The number of carbonyl (C=O) groups is 3. The molecule has 3 heterocycles. The van der Waals surface area contributed by atoms with Crippen molar-refractivity contribution < 1.29 is 23.5 Å². The van der Waals surface area contributed by atoms with Crippen molar-refractivity contribution in [3.8, 4) is 5.75 Å². The fraction of sp³-hybridized carbons (Fsp3) is 0.444. The molecule has 7 nitrogen and oxygen atoms in total. The SMILES string of the molecule is CNC(=O)C12CCCCN(C(=O)c3ccccc3F)CCOc3ccccc3C(=O)N(CC1)CC2. The van der Waals surface area contributed by atoms with E-state index in [4.69, 9.17) is 4.74 Å². The van der Waals surface area contributed by atoms with Crippen molar-refractivity contribution in [2.24, 2.45) is 5.41 Å².